The minimum Gasteiger partial charge on any atom is -0.478 e. The van der Waals surface area contributed by atoms with E-state index in [2.05, 4.69) is 15.9 Å². The van der Waals surface area contributed by atoms with Gasteiger partial charge in [-0.2, -0.15) is 0 Å². The maximum absolute atomic E-state index is 12.1. The zero-order valence-electron chi connectivity index (χ0n) is 12.8. The summed E-state index contributed by atoms with van der Waals surface area (Å²) in [6.45, 7) is 1.35. The number of halogens is 1. The number of carboxylic acid groups (broad SMARTS) is 1. The third kappa shape index (κ3) is 4.54. The fourth-order valence-corrected chi connectivity index (χ4v) is 2.26. The first-order valence-corrected chi connectivity index (χ1v) is 7.73. The molecular weight excluding hydrogens is 398 g/mol. The van der Waals surface area contributed by atoms with Crippen molar-refractivity contribution in [3.63, 3.8) is 0 Å². The van der Waals surface area contributed by atoms with Crippen LogP contribution in [0.2, 0.25) is 0 Å². The number of rotatable bonds is 6. The summed E-state index contributed by atoms with van der Waals surface area (Å²) in [6.07, 6.45) is -1.19. The molecule has 0 bridgehead atoms. The lowest BCUT2D eigenvalue weighted by Gasteiger charge is -2.14. The first kappa shape index (κ1) is 18.4. The van der Waals surface area contributed by atoms with Crippen LogP contribution in [0, 0.1) is 10.1 Å². The number of carboxylic acids is 1. The molecule has 8 nitrogen and oxygen atoms in total. The van der Waals surface area contributed by atoms with E-state index in [0.29, 0.717) is 4.47 Å². The van der Waals surface area contributed by atoms with Gasteiger partial charge in [0.25, 0.3) is 0 Å². The molecule has 0 fully saturated rings. The Kier molecular flexibility index (Phi) is 5.71. The Morgan fingerprint density at radius 1 is 1.20 bits per heavy atom. The molecule has 0 saturated heterocycles. The van der Waals surface area contributed by atoms with E-state index in [-0.39, 0.29) is 22.7 Å². The van der Waals surface area contributed by atoms with Crippen LogP contribution in [-0.4, -0.2) is 28.1 Å². The van der Waals surface area contributed by atoms with Gasteiger partial charge < -0.3 is 14.6 Å². The number of nitro benzene ring substituents is 1. The number of esters is 1. The van der Waals surface area contributed by atoms with Gasteiger partial charge >= 0.3 is 17.6 Å². The summed E-state index contributed by atoms with van der Waals surface area (Å²) < 4.78 is 10.9. The summed E-state index contributed by atoms with van der Waals surface area (Å²) in [5.41, 5.74) is -0.502. The summed E-state index contributed by atoms with van der Waals surface area (Å²) in [6, 6.07) is 9.71. The SMILES string of the molecule is CC(Oc1ccccc1[N+](=O)[O-])C(=O)Oc1ccc(Br)cc1C(=O)O. The predicted molar refractivity (Wildman–Crippen MR) is 89.9 cm³/mol. The molecule has 1 N–H and O–H groups in total. The molecule has 0 aliphatic heterocycles. The highest BCUT2D eigenvalue weighted by Crippen LogP contribution is 2.28. The molecule has 0 spiro atoms. The van der Waals surface area contributed by atoms with Crippen LogP contribution < -0.4 is 9.47 Å². The first-order valence-electron chi connectivity index (χ1n) is 6.94. The van der Waals surface area contributed by atoms with E-state index in [1.54, 1.807) is 0 Å². The fourth-order valence-electron chi connectivity index (χ4n) is 1.90. The van der Waals surface area contributed by atoms with Gasteiger partial charge in [-0.25, -0.2) is 9.59 Å². The van der Waals surface area contributed by atoms with Crippen molar-refractivity contribution in [3.8, 4) is 11.5 Å². The Morgan fingerprint density at radius 3 is 2.52 bits per heavy atom. The van der Waals surface area contributed by atoms with Crippen LogP contribution in [0.25, 0.3) is 0 Å². The molecule has 0 heterocycles. The number of ether oxygens (including phenoxy) is 2. The Bertz CT molecular complexity index is 837. The zero-order valence-corrected chi connectivity index (χ0v) is 14.4. The lowest BCUT2D eigenvalue weighted by atomic mass is 10.2. The summed E-state index contributed by atoms with van der Waals surface area (Å²) in [5, 5.41) is 20.1. The van der Waals surface area contributed by atoms with E-state index in [4.69, 9.17) is 14.6 Å². The summed E-state index contributed by atoms with van der Waals surface area (Å²) in [7, 11) is 0. The number of aromatic carboxylic acids is 1. The standard InChI is InChI=1S/C16H12BrNO7/c1-9(24-14-5-3-2-4-12(14)18(22)23)16(21)25-13-7-6-10(17)8-11(13)15(19)20/h2-9H,1H3,(H,19,20). The second kappa shape index (κ2) is 7.75. The van der Waals surface area contributed by atoms with E-state index in [1.807, 2.05) is 0 Å². The molecule has 1 unspecified atom stereocenters. The van der Waals surface area contributed by atoms with E-state index in [1.165, 1.54) is 49.4 Å². The monoisotopic (exact) mass is 409 g/mol. The normalized spacial score (nSPS) is 11.4. The minimum atomic E-state index is -1.27. The van der Waals surface area contributed by atoms with Gasteiger partial charge in [0.05, 0.1) is 4.92 Å². The lowest BCUT2D eigenvalue weighted by molar-refractivity contribution is -0.386. The molecule has 0 aliphatic carbocycles. The van der Waals surface area contributed by atoms with E-state index in [9.17, 15) is 19.7 Å². The van der Waals surface area contributed by atoms with E-state index in [0.717, 1.165) is 0 Å². The number of nitro groups is 1. The van der Waals surface area contributed by atoms with Gasteiger partial charge in [-0.05, 0) is 31.2 Å². The van der Waals surface area contributed by atoms with Crippen LogP contribution in [0.4, 0.5) is 5.69 Å². The number of carbonyl (C=O) groups excluding carboxylic acids is 1. The van der Waals surface area contributed by atoms with Gasteiger partial charge in [0.2, 0.25) is 0 Å². The van der Waals surface area contributed by atoms with Gasteiger partial charge in [-0.3, -0.25) is 10.1 Å². The van der Waals surface area contributed by atoms with Crippen LogP contribution in [0.1, 0.15) is 17.3 Å². The van der Waals surface area contributed by atoms with Crippen molar-refractivity contribution < 1.29 is 29.1 Å². The third-order valence-corrected chi connectivity index (χ3v) is 3.57. The molecule has 2 aromatic carbocycles. The largest absolute Gasteiger partial charge is 0.478 e. The number of benzene rings is 2. The Labute approximate surface area is 150 Å². The van der Waals surface area contributed by atoms with Crippen molar-refractivity contribution in [2.75, 3.05) is 0 Å². The smallest absolute Gasteiger partial charge is 0.352 e. The molecule has 0 amide bonds. The fraction of sp³-hybridized carbons (Fsp3) is 0.125. The van der Waals surface area contributed by atoms with Crippen LogP contribution in [0.3, 0.4) is 0 Å². The van der Waals surface area contributed by atoms with Crippen LogP contribution in [0.15, 0.2) is 46.9 Å². The van der Waals surface area contributed by atoms with Crippen molar-refractivity contribution in [1.29, 1.82) is 0 Å². The Morgan fingerprint density at radius 2 is 1.88 bits per heavy atom. The molecule has 0 saturated carbocycles. The quantitative estimate of drug-likeness (QED) is 0.336. The highest BCUT2D eigenvalue weighted by atomic mass is 79.9. The molecule has 0 aliphatic rings. The number of carbonyl (C=O) groups is 2. The topological polar surface area (TPSA) is 116 Å². The Balaban J connectivity index is 2.17. The van der Waals surface area contributed by atoms with Gasteiger partial charge in [-0.15, -0.1) is 0 Å². The average molecular weight is 410 g/mol. The van der Waals surface area contributed by atoms with Gasteiger partial charge in [-0.1, -0.05) is 28.1 Å². The molecule has 2 aromatic rings. The summed E-state index contributed by atoms with van der Waals surface area (Å²) >= 11 is 3.13. The molecule has 2 rings (SSSR count). The highest BCUT2D eigenvalue weighted by Gasteiger charge is 2.24. The average Bonchev–Trinajstić information content (AvgIpc) is 2.56. The molecule has 9 heteroatoms. The first-order chi connectivity index (χ1) is 11.8. The summed E-state index contributed by atoms with van der Waals surface area (Å²) in [5.74, 6) is -2.40. The molecule has 130 valence electrons. The third-order valence-electron chi connectivity index (χ3n) is 3.08. The maximum Gasteiger partial charge on any atom is 0.352 e. The number of hydrogen-bond acceptors (Lipinski definition) is 6. The molecule has 25 heavy (non-hydrogen) atoms. The molecular formula is C16H12BrNO7. The van der Waals surface area contributed by atoms with Crippen molar-refractivity contribution in [1.82, 2.24) is 0 Å². The number of para-hydroxylation sites is 2. The molecule has 0 aromatic heterocycles. The minimum absolute atomic E-state index is 0.0915. The number of hydrogen-bond donors (Lipinski definition) is 1. The zero-order chi connectivity index (χ0) is 18.6. The van der Waals surface area contributed by atoms with Crippen molar-refractivity contribution in [3.05, 3.63) is 62.6 Å². The van der Waals surface area contributed by atoms with E-state index >= 15 is 0 Å². The molecule has 1 atom stereocenters. The van der Waals surface area contributed by atoms with Crippen LogP contribution >= 0.6 is 15.9 Å². The lowest BCUT2D eigenvalue weighted by Crippen LogP contribution is -2.29. The second-order valence-corrected chi connectivity index (χ2v) is 5.77. The van der Waals surface area contributed by atoms with Gasteiger partial charge in [0.1, 0.15) is 11.3 Å². The van der Waals surface area contributed by atoms with Crippen LogP contribution in [-0.2, 0) is 4.79 Å². The van der Waals surface area contributed by atoms with Crippen LogP contribution in [0.5, 0.6) is 11.5 Å². The predicted octanol–water partition coefficient (Wildman–Crippen LogP) is 3.43. The van der Waals surface area contributed by atoms with Gasteiger partial charge in [0.15, 0.2) is 11.9 Å². The van der Waals surface area contributed by atoms with Crippen molar-refractivity contribution >= 4 is 33.6 Å². The number of nitrogens with zero attached hydrogens (tertiary/aromatic N) is 1. The molecule has 0 radical (unpaired) electrons. The summed E-state index contributed by atoms with van der Waals surface area (Å²) in [4.78, 5) is 33.7. The highest BCUT2D eigenvalue weighted by molar-refractivity contribution is 9.10. The van der Waals surface area contributed by atoms with Gasteiger partial charge in [0, 0.05) is 10.5 Å². The second-order valence-electron chi connectivity index (χ2n) is 4.85. The Hall–Kier alpha value is -2.94. The van der Waals surface area contributed by atoms with Crippen molar-refractivity contribution in [2.45, 2.75) is 13.0 Å². The van der Waals surface area contributed by atoms with Crippen molar-refractivity contribution in [2.24, 2.45) is 0 Å². The van der Waals surface area contributed by atoms with E-state index < -0.39 is 23.0 Å². The maximum atomic E-state index is 12.1.